The highest BCUT2D eigenvalue weighted by atomic mass is 16.5. The summed E-state index contributed by atoms with van der Waals surface area (Å²) in [7, 11) is 1.62. The van der Waals surface area contributed by atoms with Gasteiger partial charge in [0.1, 0.15) is 0 Å². The summed E-state index contributed by atoms with van der Waals surface area (Å²) in [5.41, 5.74) is 0. The molecule has 0 bridgehead atoms. The number of nitrogens with one attached hydrogen (secondary N) is 1. The highest BCUT2D eigenvalue weighted by molar-refractivity contribution is 5.29. The van der Waals surface area contributed by atoms with E-state index in [4.69, 9.17) is 4.74 Å². The molecule has 0 radical (unpaired) electrons. The van der Waals surface area contributed by atoms with Gasteiger partial charge in [-0.3, -0.25) is 0 Å². The average molecular weight is 221 g/mol. The third-order valence-electron chi connectivity index (χ3n) is 3.62. The maximum atomic E-state index is 5.08. The minimum Gasteiger partial charge on any atom is -0.481 e. The fourth-order valence-electron chi connectivity index (χ4n) is 2.26. The first-order valence-electron chi connectivity index (χ1n) is 5.84. The van der Waals surface area contributed by atoms with Crippen LogP contribution in [0.25, 0.3) is 0 Å². The van der Waals surface area contributed by atoms with Gasteiger partial charge in [-0.05, 0) is 24.7 Å². The predicted octanol–water partition coefficient (Wildman–Crippen LogP) is 2.33. The van der Waals surface area contributed by atoms with E-state index in [2.05, 4.69) is 29.1 Å². The van der Waals surface area contributed by atoms with Gasteiger partial charge in [0.2, 0.25) is 11.8 Å². The smallest absolute Gasteiger partial charge is 0.226 e. The lowest BCUT2D eigenvalue weighted by Gasteiger charge is -2.19. The molecule has 1 aromatic rings. The Morgan fingerprint density at radius 2 is 2.19 bits per heavy atom. The number of rotatable bonds is 3. The minimum absolute atomic E-state index is 0.488. The molecule has 1 N–H and O–H groups in total. The molecule has 1 aliphatic carbocycles. The van der Waals surface area contributed by atoms with Crippen molar-refractivity contribution in [1.82, 2.24) is 9.97 Å². The molecule has 1 saturated carbocycles. The molecule has 88 valence electrons. The predicted molar refractivity (Wildman–Crippen MR) is 63.6 cm³/mol. The fraction of sp³-hybridized carbons (Fsp3) is 0.667. The number of hydrogen-bond donors (Lipinski definition) is 1. The van der Waals surface area contributed by atoms with Crippen LogP contribution < -0.4 is 10.1 Å². The molecule has 1 aliphatic rings. The zero-order valence-corrected chi connectivity index (χ0v) is 10.1. The lowest BCUT2D eigenvalue weighted by Crippen LogP contribution is -2.25. The maximum absolute atomic E-state index is 5.08. The molecule has 0 aliphatic heterocycles. The van der Waals surface area contributed by atoms with Crippen LogP contribution in [0.1, 0.15) is 26.7 Å². The first-order chi connectivity index (χ1) is 7.70. The molecular formula is C12H19N3O. The van der Waals surface area contributed by atoms with Gasteiger partial charge in [0.15, 0.2) is 0 Å². The van der Waals surface area contributed by atoms with Crippen LogP contribution in [0.5, 0.6) is 5.88 Å². The highest BCUT2D eigenvalue weighted by Gasteiger charge is 2.29. The van der Waals surface area contributed by atoms with Crippen LogP contribution in [0.3, 0.4) is 0 Å². The summed E-state index contributed by atoms with van der Waals surface area (Å²) < 4.78 is 5.08. The SMILES string of the molecule is COc1ccnc(NC2CCC(C)C2C)n1. The molecule has 0 amide bonds. The van der Waals surface area contributed by atoms with E-state index in [0.717, 1.165) is 5.92 Å². The molecule has 3 unspecified atom stereocenters. The van der Waals surface area contributed by atoms with Crippen LogP contribution in [-0.2, 0) is 0 Å². The van der Waals surface area contributed by atoms with Crippen molar-refractivity contribution in [3.8, 4) is 5.88 Å². The Kier molecular flexibility index (Phi) is 3.27. The third-order valence-corrected chi connectivity index (χ3v) is 3.62. The normalized spacial score (nSPS) is 29.1. The van der Waals surface area contributed by atoms with Crippen LogP contribution in [-0.4, -0.2) is 23.1 Å². The van der Waals surface area contributed by atoms with Gasteiger partial charge >= 0.3 is 0 Å². The van der Waals surface area contributed by atoms with Crippen molar-refractivity contribution in [2.75, 3.05) is 12.4 Å². The molecule has 4 heteroatoms. The number of ether oxygens (including phenoxy) is 1. The van der Waals surface area contributed by atoms with E-state index in [-0.39, 0.29) is 0 Å². The molecule has 0 aromatic carbocycles. The van der Waals surface area contributed by atoms with Crippen molar-refractivity contribution >= 4 is 5.95 Å². The molecule has 0 saturated heterocycles. The minimum atomic E-state index is 0.488. The van der Waals surface area contributed by atoms with Crippen molar-refractivity contribution < 1.29 is 4.74 Å². The largest absolute Gasteiger partial charge is 0.481 e. The van der Waals surface area contributed by atoms with Crippen molar-refractivity contribution in [1.29, 1.82) is 0 Å². The second-order valence-electron chi connectivity index (χ2n) is 4.59. The molecule has 1 aromatic heterocycles. The quantitative estimate of drug-likeness (QED) is 0.851. The number of methoxy groups -OCH3 is 1. The summed E-state index contributed by atoms with van der Waals surface area (Å²) in [6, 6.07) is 2.24. The molecule has 1 fully saturated rings. The second-order valence-corrected chi connectivity index (χ2v) is 4.59. The Hall–Kier alpha value is -1.32. The number of aromatic nitrogens is 2. The Morgan fingerprint density at radius 3 is 2.81 bits per heavy atom. The lowest BCUT2D eigenvalue weighted by atomic mass is 9.98. The summed E-state index contributed by atoms with van der Waals surface area (Å²) in [5, 5.41) is 3.39. The number of hydrogen-bond acceptors (Lipinski definition) is 4. The monoisotopic (exact) mass is 221 g/mol. The molecule has 0 spiro atoms. The molecule has 3 atom stereocenters. The summed E-state index contributed by atoms with van der Waals surface area (Å²) >= 11 is 0. The van der Waals surface area contributed by atoms with Crippen LogP contribution in [0.4, 0.5) is 5.95 Å². The Bertz CT molecular complexity index is 356. The average Bonchev–Trinajstić information content (AvgIpc) is 2.61. The van der Waals surface area contributed by atoms with E-state index in [1.807, 2.05) is 0 Å². The molecule has 16 heavy (non-hydrogen) atoms. The lowest BCUT2D eigenvalue weighted by molar-refractivity contribution is 0.396. The Balaban J connectivity index is 2.03. The van der Waals surface area contributed by atoms with Gasteiger partial charge in [-0.25, -0.2) is 4.98 Å². The van der Waals surface area contributed by atoms with Gasteiger partial charge in [0, 0.05) is 18.3 Å². The fourth-order valence-corrected chi connectivity index (χ4v) is 2.26. The van der Waals surface area contributed by atoms with E-state index >= 15 is 0 Å². The van der Waals surface area contributed by atoms with Crippen molar-refractivity contribution in [3.63, 3.8) is 0 Å². The van der Waals surface area contributed by atoms with Gasteiger partial charge in [-0.15, -0.1) is 0 Å². The first kappa shape index (κ1) is 11.2. The summed E-state index contributed by atoms with van der Waals surface area (Å²) in [6.07, 6.45) is 4.20. The van der Waals surface area contributed by atoms with Crippen LogP contribution >= 0.6 is 0 Å². The topological polar surface area (TPSA) is 47.0 Å². The molecule has 1 heterocycles. The van der Waals surface area contributed by atoms with E-state index in [1.165, 1.54) is 12.8 Å². The zero-order chi connectivity index (χ0) is 11.5. The standard InChI is InChI=1S/C12H19N3O/c1-8-4-5-10(9(8)2)14-12-13-7-6-11(15-12)16-3/h6-10H,4-5H2,1-3H3,(H,13,14,15). The Morgan fingerprint density at radius 1 is 1.38 bits per heavy atom. The van der Waals surface area contributed by atoms with Crippen molar-refractivity contribution in [2.45, 2.75) is 32.7 Å². The highest BCUT2D eigenvalue weighted by Crippen LogP contribution is 2.32. The summed E-state index contributed by atoms with van der Waals surface area (Å²) in [4.78, 5) is 8.48. The van der Waals surface area contributed by atoms with Gasteiger partial charge in [0.05, 0.1) is 7.11 Å². The molecular weight excluding hydrogens is 202 g/mol. The second kappa shape index (κ2) is 4.68. The van der Waals surface area contributed by atoms with Crippen LogP contribution in [0, 0.1) is 11.8 Å². The van der Waals surface area contributed by atoms with Gasteiger partial charge in [-0.2, -0.15) is 4.98 Å². The molecule has 2 rings (SSSR count). The van der Waals surface area contributed by atoms with Gasteiger partial charge in [0.25, 0.3) is 0 Å². The van der Waals surface area contributed by atoms with Gasteiger partial charge < -0.3 is 10.1 Å². The molecule has 4 nitrogen and oxygen atoms in total. The van der Waals surface area contributed by atoms with E-state index < -0.39 is 0 Å². The third kappa shape index (κ3) is 2.26. The van der Waals surface area contributed by atoms with Crippen molar-refractivity contribution in [2.24, 2.45) is 11.8 Å². The number of nitrogens with zero attached hydrogens (tertiary/aromatic N) is 2. The van der Waals surface area contributed by atoms with Crippen LogP contribution in [0.2, 0.25) is 0 Å². The summed E-state index contributed by atoms with van der Waals surface area (Å²) in [5.74, 6) is 2.74. The van der Waals surface area contributed by atoms with Crippen LogP contribution in [0.15, 0.2) is 12.3 Å². The first-order valence-corrected chi connectivity index (χ1v) is 5.84. The van der Waals surface area contributed by atoms with E-state index in [9.17, 15) is 0 Å². The van der Waals surface area contributed by atoms with Crippen molar-refractivity contribution in [3.05, 3.63) is 12.3 Å². The Labute approximate surface area is 96.4 Å². The number of anilines is 1. The summed E-state index contributed by atoms with van der Waals surface area (Å²) in [6.45, 7) is 4.59. The van der Waals surface area contributed by atoms with E-state index in [0.29, 0.717) is 23.8 Å². The van der Waals surface area contributed by atoms with E-state index in [1.54, 1.807) is 19.4 Å². The maximum Gasteiger partial charge on any atom is 0.226 e. The van der Waals surface area contributed by atoms with Gasteiger partial charge in [-0.1, -0.05) is 13.8 Å². The zero-order valence-electron chi connectivity index (χ0n) is 10.1.